The fraction of sp³-hybridized carbons (Fsp3) is 0.500. The van der Waals surface area contributed by atoms with E-state index in [9.17, 15) is 9.59 Å². The van der Waals surface area contributed by atoms with E-state index in [1.54, 1.807) is 13.2 Å². The lowest BCUT2D eigenvalue weighted by molar-refractivity contribution is -0.139. The molecule has 0 aliphatic rings. The lowest BCUT2D eigenvalue weighted by Crippen LogP contribution is -2.40. The first kappa shape index (κ1) is 16.1. The first-order chi connectivity index (χ1) is 8.95. The van der Waals surface area contributed by atoms with Crippen molar-refractivity contribution in [1.29, 1.82) is 0 Å². The molecule has 0 aliphatic carbocycles. The Balaban J connectivity index is 2.63. The van der Waals surface area contributed by atoms with Crippen LogP contribution in [0.3, 0.4) is 0 Å². The first-order valence-corrected chi connectivity index (χ1v) is 7.35. The molecule has 1 aromatic rings. The molecule has 0 bridgehead atoms. The number of rotatable bonds is 7. The molecule has 2 N–H and O–H groups in total. The number of carbonyl (C=O) groups is 2. The summed E-state index contributed by atoms with van der Waals surface area (Å²) in [6.07, 6.45) is 0.932. The number of nitrogens with one attached hydrogen (secondary N) is 1. The van der Waals surface area contributed by atoms with Crippen LogP contribution < -0.4 is 5.32 Å². The van der Waals surface area contributed by atoms with Crippen LogP contribution in [0.2, 0.25) is 0 Å². The van der Waals surface area contributed by atoms with Gasteiger partial charge in [0.15, 0.2) is 0 Å². The highest BCUT2D eigenvalue weighted by Gasteiger charge is 2.21. The number of halogens is 1. The third-order valence-corrected chi connectivity index (χ3v) is 4.66. The van der Waals surface area contributed by atoms with E-state index in [4.69, 9.17) is 9.84 Å². The molecule has 7 heteroatoms. The maximum atomic E-state index is 11.9. The van der Waals surface area contributed by atoms with E-state index in [0.717, 1.165) is 9.35 Å². The number of aliphatic carboxylic acids is 1. The number of ether oxygens (including phenoxy) is 1. The fourth-order valence-corrected chi connectivity index (χ4v) is 2.93. The predicted molar refractivity (Wildman–Crippen MR) is 76.8 cm³/mol. The molecule has 0 radical (unpaired) electrons. The van der Waals surface area contributed by atoms with Crippen LogP contribution in [0.4, 0.5) is 0 Å². The molecule has 106 valence electrons. The molecular weight excluding hydrogens is 334 g/mol. The zero-order valence-corrected chi connectivity index (χ0v) is 13.1. The fourth-order valence-electron chi connectivity index (χ4n) is 1.49. The van der Waals surface area contributed by atoms with Crippen molar-refractivity contribution in [1.82, 2.24) is 5.32 Å². The third-order valence-electron chi connectivity index (χ3n) is 2.53. The topological polar surface area (TPSA) is 75.6 Å². The summed E-state index contributed by atoms with van der Waals surface area (Å²) in [6, 6.07) is 0.849. The molecule has 1 atom stereocenters. The highest BCUT2D eigenvalue weighted by Crippen LogP contribution is 2.27. The molecule has 19 heavy (non-hydrogen) atoms. The Kier molecular flexibility index (Phi) is 6.47. The van der Waals surface area contributed by atoms with E-state index in [1.165, 1.54) is 11.3 Å². The molecular formula is C12H16BrNO4S. The van der Waals surface area contributed by atoms with Crippen LogP contribution in [0.1, 0.15) is 28.1 Å². The van der Waals surface area contributed by atoms with Crippen molar-refractivity contribution in [3.8, 4) is 0 Å². The molecule has 0 fully saturated rings. The van der Waals surface area contributed by atoms with Gasteiger partial charge >= 0.3 is 5.97 Å². The van der Waals surface area contributed by atoms with Crippen LogP contribution in [0.15, 0.2) is 9.85 Å². The number of hydrogen-bond acceptors (Lipinski definition) is 4. The molecule has 0 aromatic carbocycles. The summed E-state index contributed by atoms with van der Waals surface area (Å²) in [4.78, 5) is 23.5. The minimum Gasteiger partial charge on any atom is -0.480 e. The van der Waals surface area contributed by atoms with E-state index in [-0.39, 0.29) is 5.91 Å². The first-order valence-electron chi connectivity index (χ1n) is 5.74. The normalized spacial score (nSPS) is 12.2. The Labute approximate surface area is 124 Å². The second kappa shape index (κ2) is 7.62. The molecule has 0 saturated heterocycles. The van der Waals surface area contributed by atoms with E-state index >= 15 is 0 Å². The summed E-state index contributed by atoms with van der Waals surface area (Å²) in [5, 5.41) is 11.6. The minimum atomic E-state index is -1.03. The summed E-state index contributed by atoms with van der Waals surface area (Å²) >= 11 is 4.63. The molecule has 0 aliphatic heterocycles. The van der Waals surface area contributed by atoms with Crippen molar-refractivity contribution in [3.05, 3.63) is 20.3 Å². The quantitative estimate of drug-likeness (QED) is 0.741. The number of methoxy groups -OCH3 is 1. The van der Waals surface area contributed by atoms with E-state index in [0.29, 0.717) is 24.3 Å². The Morgan fingerprint density at radius 3 is 2.74 bits per heavy atom. The lowest BCUT2D eigenvalue weighted by atomic mass is 10.1. The van der Waals surface area contributed by atoms with Crippen LogP contribution in [-0.4, -0.2) is 36.7 Å². The van der Waals surface area contributed by atoms with E-state index in [2.05, 4.69) is 21.2 Å². The lowest BCUT2D eigenvalue weighted by Gasteiger charge is -2.13. The van der Waals surface area contributed by atoms with Gasteiger partial charge in [-0.25, -0.2) is 4.79 Å². The Bertz CT molecular complexity index is 441. The Hall–Kier alpha value is -0.920. The van der Waals surface area contributed by atoms with Crippen LogP contribution in [-0.2, 0) is 9.53 Å². The van der Waals surface area contributed by atoms with Crippen LogP contribution in [0.5, 0.6) is 0 Å². The monoisotopic (exact) mass is 349 g/mol. The van der Waals surface area contributed by atoms with E-state index in [1.807, 2.05) is 6.92 Å². The summed E-state index contributed by atoms with van der Waals surface area (Å²) in [7, 11) is 1.56. The van der Waals surface area contributed by atoms with Gasteiger partial charge in [-0.2, -0.15) is 0 Å². The summed E-state index contributed by atoms with van der Waals surface area (Å²) in [5.74, 6) is -1.39. The highest BCUT2D eigenvalue weighted by molar-refractivity contribution is 9.11. The molecule has 1 aromatic heterocycles. The van der Waals surface area contributed by atoms with Crippen LogP contribution >= 0.6 is 27.3 Å². The van der Waals surface area contributed by atoms with Gasteiger partial charge in [-0.05, 0) is 47.3 Å². The van der Waals surface area contributed by atoms with Crippen molar-refractivity contribution in [3.63, 3.8) is 0 Å². The van der Waals surface area contributed by atoms with Gasteiger partial charge in [-0.3, -0.25) is 4.79 Å². The standard InChI is InChI=1S/C12H16BrNO4S/c1-7-6-9(19-10(7)13)11(15)14-8(12(16)17)4-3-5-18-2/h6,8H,3-5H2,1-2H3,(H,14,15)(H,16,17). The summed E-state index contributed by atoms with van der Waals surface area (Å²) in [6.45, 7) is 2.36. The zero-order chi connectivity index (χ0) is 14.4. The second-order valence-corrected chi connectivity index (χ2v) is 6.44. The van der Waals surface area contributed by atoms with Gasteiger partial charge in [0.05, 0.1) is 8.66 Å². The predicted octanol–water partition coefficient (Wildman–Crippen LogP) is 2.43. The van der Waals surface area contributed by atoms with Gasteiger partial charge in [0.2, 0.25) is 0 Å². The number of carboxylic acid groups (broad SMARTS) is 1. The van der Waals surface area contributed by atoms with Gasteiger partial charge < -0.3 is 15.2 Å². The number of thiophene rings is 1. The molecule has 1 amide bonds. The molecule has 5 nitrogen and oxygen atoms in total. The number of hydrogen-bond donors (Lipinski definition) is 2. The zero-order valence-electron chi connectivity index (χ0n) is 10.7. The molecule has 0 spiro atoms. The van der Waals surface area contributed by atoms with Crippen molar-refractivity contribution in [2.45, 2.75) is 25.8 Å². The van der Waals surface area contributed by atoms with Crippen molar-refractivity contribution >= 4 is 39.1 Å². The largest absolute Gasteiger partial charge is 0.480 e. The highest BCUT2D eigenvalue weighted by atomic mass is 79.9. The molecule has 0 saturated carbocycles. The smallest absolute Gasteiger partial charge is 0.326 e. The molecule has 1 rings (SSSR count). The molecule has 1 unspecified atom stereocenters. The van der Waals surface area contributed by atoms with Gasteiger partial charge in [-0.1, -0.05) is 0 Å². The number of carboxylic acids is 1. The maximum Gasteiger partial charge on any atom is 0.326 e. The van der Waals surface area contributed by atoms with Gasteiger partial charge in [0.1, 0.15) is 6.04 Å². The summed E-state index contributed by atoms with van der Waals surface area (Å²) < 4.78 is 5.75. The number of aryl methyl sites for hydroxylation is 1. The van der Waals surface area contributed by atoms with E-state index < -0.39 is 12.0 Å². The average Bonchev–Trinajstić information content (AvgIpc) is 2.68. The van der Waals surface area contributed by atoms with Crippen LogP contribution in [0.25, 0.3) is 0 Å². The minimum absolute atomic E-state index is 0.348. The Morgan fingerprint density at radius 2 is 2.26 bits per heavy atom. The number of amides is 1. The average molecular weight is 350 g/mol. The third kappa shape index (κ3) is 4.93. The van der Waals surface area contributed by atoms with Gasteiger partial charge in [0.25, 0.3) is 5.91 Å². The SMILES string of the molecule is COCCCC(NC(=O)c1cc(C)c(Br)s1)C(=O)O. The summed E-state index contributed by atoms with van der Waals surface area (Å²) in [5.41, 5.74) is 0.960. The Morgan fingerprint density at radius 1 is 1.58 bits per heavy atom. The number of carbonyl (C=O) groups excluding carboxylic acids is 1. The van der Waals surface area contributed by atoms with Crippen molar-refractivity contribution in [2.24, 2.45) is 0 Å². The van der Waals surface area contributed by atoms with Crippen LogP contribution in [0, 0.1) is 6.92 Å². The molecule has 1 heterocycles. The van der Waals surface area contributed by atoms with Gasteiger partial charge in [0, 0.05) is 13.7 Å². The van der Waals surface area contributed by atoms with Gasteiger partial charge in [-0.15, -0.1) is 11.3 Å². The maximum absolute atomic E-state index is 11.9. The second-order valence-electron chi connectivity index (χ2n) is 4.07. The van der Waals surface area contributed by atoms with Crippen molar-refractivity contribution in [2.75, 3.05) is 13.7 Å². The van der Waals surface area contributed by atoms with Crippen molar-refractivity contribution < 1.29 is 19.4 Å².